The van der Waals surface area contributed by atoms with Crippen LogP contribution in [0.5, 0.6) is 0 Å². The van der Waals surface area contributed by atoms with Crippen LogP contribution in [0.1, 0.15) is 19.8 Å². The molecule has 0 saturated heterocycles. The van der Waals surface area contributed by atoms with Crippen molar-refractivity contribution in [1.82, 2.24) is 0 Å². The molecule has 1 saturated carbocycles. The average molecular weight is 322 g/mol. The standard InChI is InChI=1S/C10H15Cl3O5/c1-9(8(17)18-4-10(11,12)13)2-5(14)7(16)6(15)3-9/h5-7,14-16H,2-4H2,1H3/t5-,6-,7?,9?/m1/s1. The van der Waals surface area contributed by atoms with Crippen molar-refractivity contribution in [2.45, 2.75) is 41.9 Å². The number of carbonyl (C=O) groups excluding carboxylic acids is 1. The second kappa shape index (κ2) is 5.69. The second-order valence-corrected chi connectivity index (χ2v) is 7.30. The molecular formula is C10H15Cl3O5. The highest BCUT2D eigenvalue weighted by Crippen LogP contribution is 2.38. The van der Waals surface area contributed by atoms with E-state index >= 15 is 0 Å². The van der Waals surface area contributed by atoms with Crippen LogP contribution in [-0.4, -0.2) is 50.0 Å². The van der Waals surface area contributed by atoms with E-state index < -0.39 is 40.1 Å². The fourth-order valence-electron chi connectivity index (χ4n) is 1.99. The summed E-state index contributed by atoms with van der Waals surface area (Å²) in [6, 6.07) is 0. The lowest BCUT2D eigenvalue weighted by molar-refractivity contribution is -0.172. The van der Waals surface area contributed by atoms with E-state index in [2.05, 4.69) is 0 Å². The second-order valence-electron chi connectivity index (χ2n) is 4.79. The van der Waals surface area contributed by atoms with E-state index in [0.29, 0.717) is 0 Å². The van der Waals surface area contributed by atoms with E-state index in [1.54, 1.807) is 0 Å². The third kappa shape index (κ3) is 4.11. The van der Waals surface area contributed by atoms with Crippen molar-refractivity contribution in [1.29, 1.82) is 0 Å². The van der Waals surface area contributed by atoms with E-state index in [-0.39, 0.29) is 12.8 Å². The topological polar surface area (TPSA) is 87.0 Å². The summed E-state index contributed by atoms with van der Waals surface area (Å²) in [6.07, 6.45) is -3.70. The van der Waals surface area contributed by atoms with Crippen LogP contribution in [0.15, 0.2) is 0 Å². The summed E-state index contributed by atoms with van der Waals surface area (Å²) in [4.78, 5) is 11.9. The van der Waals surface area contributed by atoms with Gasteiger partial charge in [-0.25, -0.2) is 0 Å². The normalized spacial score (nSPS) is 37.4. The fraction of sp³-hybridized carbons (Fsp3) is 0.900. The Morgan fingerprint density at radius 3 is 2.11 bits per heavy atom. The minimum atomic E-state index is -1.71. The zero-order chi connectivity index (χ0) is 14.1. The lowest BCUT2D eigenvalue weighted by atomic mass is 9.72. The minimum Gasteiger partial charge on any atom is -0.461 e. The van der Waals surface area contributed by atoms with Gasteiger partial charge in [-0.1, -0.05) is 34.8 Å². The Kier molecular flexibility index (Phi) is 5.14. The van der Waals surface area contributed by atoms with Crippen LogP contribution in [0.3, 0.4) is 0 Å². The highest BCUT2D eigenvalue weighted by molar-refractivity contribution is 6.67. The molecule has 0 radical (unpaired) electrons. The number of aliphatic hydroxyl groups is 3. The van der Waals surface area contributed by atoms with Crippen molar-refractivity contribution in [3.8, 4) is 0 Å². The van der Waals surface area contributed by atoms with Crippen molar-refractivity contribution < 1.29 is 24.9 Å². The first-order chi connectivity index (χ1) is 8.05. The molecule has 0 heterocycles. The molecule has 1 rings (SSSR count). The maximum atomic E-state index is 11.9. The quantitative estimate of drug-likeness (QED) is 0.517. The molecule has 5 nitrogen and oxygen atoms in total. The third-order valence-electron chi connectivity index (χ3n) is 2.97. The fourth-order valence-corrected chi connectivity index (χ4v) is 2.16. The van der Waals surface area contributed by atoms with Gasteiger partial charge in [-0.05, 0) is 19.8 Å². The van der Waals surface area contributed by atoms with Gasteiger partial charge in [0.2, 0.25) is 3.79 Å². The molecule has 0 spiro atoms. The number of carbonyl (C=O) groups is 1. The van der Waals surface area contributed by atoms with Crippen LogP contribution < -0.4 is 0 Å². The molecule has 0 aromatic carbocycles. The lowest BCUT2D eigenvalue weighted by Gasteiger charge is -2.39. The van der Waals surface area contributed by atoms with Gasteiger partial charge in [0.05, 0.1) is 17.6 Å². The van der Waals surface area contributed by atoms with Gasteiger partial charge in [-0.2, -0.15) is 0 Å². The third-order valence-corrected chi connectivity index (χ3v) is 3.29. The molecule has 0 aromatic heterocycles. The van der Waals surface area contributed by atoms with Gasteiger partial charge in [-0.3, -0.25) is 4.79 Å². The lowest BCUT2D eigenvalue weighted by Crippen LogP contribution is -2.51. The highest BCUT2D eigenvalue weighted by atomic mass is 35.6. The zero-order valence-electron chi connectivity index (χ0n) is 9.65. The molecule has 0 bridgehead atoms. The maximum Gasteiger partial charge on any atom is 0.312 e. The van der Waals surface area contributed by atoms with Crippen LogP contribution >= 0.6 is 34.8 Å². The maximum absolute atomic E-state index is 11.9. The van der Waals surface area contributed by atoms with Gasteiger partial charge < -0.3 is 20.1 Å². The molecule has 0 unspecified atom stereocenters. The van der Waals surface area contributed by atoms with Gasteiger partial charge in [0, 0.05) is 0 Å². The van der Waals surface area contributed by atoms with Gasteiger partial charge in [0.15, 0.2) is 0 Å². The summed E-state index contributed by atoms with van der Waals surface area (Å²) >= 11 is 16.4. The molecule has 1 fully saturated rings. The van der Waals surface area contributed by atoms with Crippen LogP contribution in [-0.2, 0) is 9.53 Å². The molecule has 8 heteroatoms. The van der Waals surface area contributed by atoms with E-state index in [1.165, 1.54) is 6.92 Å². The van der Waals surface area contributed by atoms with Gasteiger partial charge in [-0.15, -0.1) is 0 Å². The van der Waals surface area contributed by atoms with E-state index in [4.69, 9.17) is 39.5 Å². The van der Waals surface area contributed by atoms with E-state index in [1.807, 2.05) is 0 Å². The number of aliphatic hydroxyl groups excluding tert-OH is 3. The Morgan fingerprint density at radius 2 is 1.72 bits per heavy atom. The van der Waals surface area contributed by atoms with Crippen LogP contribution in [0.4, 0.5) is 0 Å². The monoisotopic (exact) mass is 320 g/mol. The first-order valence-electron chi connectivity index (χ1n) is 5.33. The first-order valence-corrected chi connectivity index (χ1v) is 6.47. The van der Waals surface area contributed by atoms with Gasteiger partial charge in [0.1, 0.15) is 12.7 Å². The minimum absolute atomic E-state index is 0.0239. The molecule has 0 aliphatic heterocycles. The van der Waals surface area contributed by atoms with Crippen LogP contribution in [0.2, 0.25) is 0 Å². The molecule has 106 valence electrons. The predicted molar refractivity (Wildman–Crippen MR) is 66.6 cm³/mol. The number of rotatable bonds is 2. The van der Waals surface area contributed by atoms with Crippen molar-refractivity contribution in [3.05, 3.63) is 0 Å². The van der Waals surface area contributed by atoms with Crippen molar-refractivity contribution in [3.63, 3.8) is 0 Å². The first kappa shape index (κ1) is 16.3. The molecule has 0 aromatic rings. The number of halogens is 3. The number of esters is 1. The van der Waals surface area contributed by atoms with Crippen molar-refractivity contribution in [2.75, 3.05) is 6.61 Å². The zero-order valence-corrected chi connectivity index (χ0v) is 11.9. The predicted octanol–water partition coefficient (Wildman–Crippen LogP) is 0.783. The summed E-state index contributed by atoms with van der Waals surface area (Å²) in [5.74, 6) is -0.682. The molecule has 3 N–H and O–H groups in total. The summed E-state index contributed by atoms with van der Waals surface area (Å²) in [5.41, 5.74) is -1.12. The number of alkyl halides is 3. The molecule has 0 amide bonds. The number of hydrogen-bond acceptors (Lipinski definition) is 5. The largest absolute Gasteiger partial charge is 0.461 e. The number of ether oxygens (including phenoxy) is 1. The van der Waals surface area contributed by atoms with Crippen molar-refractivity contribution in [2.24, 2.45) is 5.41 Å². The summed E-state index contributed by atoms with van der Waals surface area (Å²) < 4.78 is 3.13. The Morgan fingerprint density at radius 1 is 1.28 bits per heavy atom. The van der Waals surface area contributed by atoms with E-state index in [9.17, 15) is 20.1 Å². The molecule has 1 aliphatic rings. The highest BCUT2D eigenvalue weighted by Gasteiger charge is 2.47. The summed E-state index contributed by atoms with van der Waals surface area (Å²) in [5, 5.41) is 28.5. The van der Waals surface area contributed by atoms with Gasteiger partial charge in [0.25, 0.3) is 0 Å². The molecule has 18 heavy (non-hydrogen) atoms. The summed E-state index contributed by atoms with van der Waals surface area (Å²) in [6.45, 7) is 1.10. The molecular weight excluding hydrogens is 306 g/mol. The SMILES string of the molecule is CC1(C(=O)OCC(Cl)(Cl)Cl)C[C@@H](O)C(O)[C@H](O)C1. The van der Waals surface area contributed by atoms with Crippen LogP contribution in [0.25, 0.3) is 0 Å². The number of hydrogen-bond donors (Lipinski definition) is 3. The van der Waals surface area contributed by atoms with E-state index in [0.717, 1.165) is 0 Å². The Labute approximate surface area is 120 Å². The molecule has 2 atom stereocenters. The van der Waals surface area contributed by atoms with Gasteiger partial charge >= 0.3 is 5.97 Å². The summed E-state index contributed by atoms with van der Waals surface area (Å²) in [7, 11) is 0. The Bertz CT molecular complexity index is 305. The Balaban J connectivity index is 2.66. The average Bonchev–Trinajstić information content (AvgIpc) is 2.21. The van der Waals surface area contributed by atoms with Crippen LogP contribution in [0, 0.1) is 5.41 Å². The van der Waals surface area contributed by atoms with Crippen molar-refractivity contribution >= 4 is 40.8 Å². The Hall–Kier alpha value is 0.220. The smallest absolute Gasteiger partial charge is 0.312 e. The molecule has 1 aliphatic carbocycles.